The molecule has 132 valence electrons. The molecule has 5 heteroatoms. The number of Topliss-reactive ketones (excluding diaryl/α,β-unsaturated/α-hetero) is 1. The largest absolute Gasteiger partial charge is 0.292 e. The second kappa shape index (κ2) is 7.41. The van der Waals surface area contributed by atoms with Crippen LogP contribution in [0.1, 0.15) is 28.3 Å². The summed E-state index contributed by atoms with van der Waals surface area (Å²) in [4.78, 5) is 30.1. The first-order valence-electron chi connectivity index (χ1n) is 8.81. The van der Waals surface area contributed by atoms with Gasteiger partial charge in [0.2, 0.25) is 0 Å². The van der Waals surface area contributed by atoms with Gasteiger partial charge in [-0.3, -0.25) is 19.7 Å². The average Bonchev–Trinajstić information content (AvgIpc) is 2.73. The fraction of sp³-hybridized carbons (Fsp3) is 0.136. The van der Waals surface area contributed by atoms with Crippen LogP contribution in [0.4, 0.5) is 0 Å². The van der Waals surface area contributed by atoms with Crippen LogP contribution in [0.25, 0.3) is 22.0 Å². The quantitative estimate of drug-likeness (QED) is 0.502. The maximum Gasteiger partial charge on any atom is 0.181 e. The first-order valence-corrected chi connectivity index (χ1v) is 8.81. The summed E-state index contributed by atoms with van der Waals surface area (Å²) in [6.45, 7) is 1.89. The first-order chi connectivity index (χ1) is 13.2. The van der Waals surface area contributed by atoms with E-state index in [0.29, 0.717) is 18.5 Å². The second-order valence-electron chi connectivity index (χ2n) is 6.39. The van der Waals surface area contributed by atoms with E-state index >= 15 is 0 Å². The molecule has 0 unspecified atom stereocenters. The molecule has 0 aliphatic heterocycles. The van der Waals surface area contributed by atoms with Crippen molar-refractivity contribution in [2.75, 3.05) is 0 Å². The topological polar surface area (TPSA) is 68.6 Å². The number of fused-ring (bicyclic) bond motifs is 1. The number of rotatable bonds is 5. The molecule has 1 aromatic carbocycles. The minimum atomic E-state index is -0.00454. The minimum absolute atomic E-state index is 0.00454. The molecule has 4 rings (SSSR count). The molecule has 4 aromatic rings. The predicted molar refractivity (Wildman–Crippen MR) is 104 cm³/mol. The van der Waals surface area contributed by atoms with Gasteiger partial charge in [-0.1, -0.05) is 30.3 Å². The van der Waals surface area contributed by atoms with Crippen LogP contribution in [0, 0.1) is 6.92 Å². The predicted octanol–water partition coefficient (Wildman–Crippen LogP) is 4.21. The summed E-state index contributed by atoms with van der Waals surface area (Å²) < 4.78 is 0. The molecular weight excluding hydrogens is 336 g/mol. The highest BCUT2D eigenvalue weighted by Gasteiger charge is 2.12. The lowest BCUT2D eigenvalue weighted by atomic mass is 10.0. The smallest absolute Gasteiger partial charge is 0.181 e. The highest BCUT2D eigenvalue weighted by atomic mass is 16.1. The van der Waals surface area contributed by atoms with E-state index in [1.807, 2.05) is 43.3 Å². The summed E-state index contributed by atoms with van der Waals surface area (Å²) in [5.74, 6) is -0.00454. The molecule has 0 spiro atoms. The van der Waals surface area contributed by atoms with E-state index in [2.05, 4.69) is 19.9 Å². The molecule has 0 aliphatic carbocycles. The minimum Gasteiger partial charge on any atom is -0.292 e. The Kier molecular flexibility index (Phi) is 4.66. The lowest BCUT2D eigenvalue weighted by molar-refractivity contribution is 0.0978. The molecule has 0 saturated heterocycles. The van der Waals surface area contributed by atoms with Crippen LogP contribution >= 0.6 is 0 Å². The lowest BCUT2D eigenvalue weighted by Gasteiger charge is -2.07. The Morgan fingerprint density at radius 2 is 1.78 bits per heavy atom. The third-order valence-electron chi connectivity index (χ3n) is 4.41. The van der Waals surface area contributed by atoms with Gasteiger partial charge < -0.3 is 0 Å². The van der Waals surface area contributed by atoms with Crippen molar-refractivity contribution in [1.82, 2.24) is 19.9 Å². The summed E-state index contributed by atoms with van der Waals surface area (Å²) in [6, 6.07) is 13.6. The van der Waals surface area contributed by atoms with Gasteiger partial charge in [-0.25, -0.2) is 4.98 Å². The number of aromatic nitrogens is 4. The third-order valence-corrected chi connectivity index (χ3v) is 4.41. The lowest BCUT2D eigenvalue weighted by Crippen LogP contribution is -2.05. The van der Waals surface area contributed by atoms with E-state index < -0.39 is 0 Å². The van der Waals surface area contributed by atoms with Crippen LogP contribution < -0.4 is 0 Å². The molecule has 3 aromatic heterocycles. The van der Waals surface area contributed by atoms with Gasteiger partial charge in [-0.15, -0.1) is 0 Å². The fourth-order valence-corrected chi connectivity index (χ4v) is 2.95. The Hall–Kier alpha value is -3.47. The van der Waals surface area contributed by atoms with E-state index in [1.54, 1.807) is 30.9 Å². The van der Waals surface area contributed by atoms with Crippen molar-refractivity contribution >= 4 is 16.7 Å². The summed E-state index contributed by atoms with van der Waals surface area (Å²) in [5, 5.41) is 0.914. The van der Waals surface area contributed by atoms with Gasteiger partial charge in [0.25, 0.3) is 0 Å². The van der Waals surface area contributed by atoms with Crippen molar-refractivity contribution in [3.05, 3.63) is 84.3 Å². The Labute approximate surface area is 157 Å². The van der Waals surface area contributed by atoms with Crippen molar-refractivity contribution in [3.63, 3.8) is 0 Å². The number of ketones is 1. The van der Waals surface area contributed by atoms with Crippen molar-refractivity contribution in [2.45, 2.75) is 19.8 Å². The standard InChI is InChI=1S/C22H18N4O/c1-15-11-25-18(13-24-15)8-10-21(27)20-9-7-17-12-23-14-19(22(17)26-20)16-5-3-2-4-6-16/h2-7,9,11-14H,8,10H2,1H3. The SMILES string of the molecule is Cc1cnc(CCC(=O)c2ccc3cncc(-c4ccccc4)c3n2)cn1. The van der Waals surface area contributed by atoms with E-state index in [9.17, 15) is 4.79 Å². The van der Waals surface area contributed by atoms with Crippen molar-refractivity contribution < 1.29 is 4.79 Å². The number of aryl methyl sites for hydroxylation is 2. The maximum atomic E-state index is 12.7. The molecule has 0 atom stereocenters. The third kappa shape index (κ3) is 3.72. The zero-order chi connectivity index (χ0) is 18.6. The molecule has 0 bridgehead atoms. The normalized spacial score (nSPS) is 10.9. The Morgan fingerprint density at radius 1 is 0.926 bits per heavy atom. The zero-order valence-electron chi connectivity index (χ0n) is 15.0. The van der Waals surface area contributed by atoms with Gasteiger partial charge in [0.1, 0.15) is 5.69 Å². The molecule has 0 N–H and O–H groups in total. The number of benzene rings is 1. The first kappa shape index (κ1) is 17.0. The van der Waals surface area contributed by atoms with Crippen molar-refractivity contribution in [3.8, 4) is 11.1 Å². The summed E-state index contributed by atoms with van der Waals surface area (Å²) in [6.07, 6.45) is 7.89. The summed E-state index contributed by atoms with van der Waals surface area (Å²) in [7, 11) is 0. The molecule has 0 saturated carbocycles. The van der Waals surface area contributed by atoms with Crippen LogP contribution in [0.2, 0.25) is 0 Å². The van der Waals surface area contributed by atoms with Gasteiger partial charge >= 0.3 is 0 Å². The van der Waals surface area contributed by atoms with Crippen LogP contribution in [-0.4, -0.2) is 25.7 Å². The summed E-state index contributed by atoms with van der Waals surface area (Å²) >= 11 is 0. The summed E-state index contributed by atoms with van der Waals surface area (Å²) in [5.41, 5.74) is 4.88. The average molecular weight is 354 g/mol. The van der Waals surface area contributed by atoms with E-state index in [4.69, 9.17) is 0 Å². The van der Waals surface area contributed by atoms with Gasteiger partial charge in [0.05, 0.1) is 16.9 Å². The molecular formula is C22H18N4O. The van der Waals surface area contributed by atoms with Crippen molar-refractivity contribution in [1.29, 1.82) is 0 Å². The van der Waals surface area contributed by atoms with Gasteiger partial charge in [0.15, 0.2) is 5.78 Å². The number of carbonyl (C=O) groups excluding carboxylic acids is 1. The van der Waals surface area contributed by atoms with Crippen LogP contribution in [0.15, 0.2) is 67.3 Å². The van der Waals surface area contributed by atoms with Gasteiger partial charge in [-0.2, -0.15) is 0 Å². The fourth-order valence-electron chi connectivity index (χ4n) is 2.95. The number of nitrogens with zero attached hydrogens (tertiary/aromatic N) is 4. The van der Waals surface area contributed by atoms with Gasteiger partial charge in [0, 0.05) is 42.2 Å². The zero-order valence-corrected chi connectivity index (χ0v) is 15.0. The molecule has 0 amide bonds. The molecule has 27 heavy (non-hydrogen) atoms. The highest BCUT2D eigenvalue weighted by Crippen LogP contribution is 2.26. The molecule has 0 aliphatic rings. The molecule has 5 nitrogen and oxygen atoms in total. The number of carbonyl (C=O) groups is 1. The highest BCUT2D eigenvalue weighted by molar-refractivity contribution is 5.99. The maximum absolute atomic E-state index is 12.7. The number of hydrogen-bond acceptors (Lipinski definition) is 5. The Bertz CT molecular complexity index is 1090. The molecule has 0 radical (unpaired) electrons. The van der Waals surface area contributed by atoms with Gasteiger partial charge in [-0.05, 0) is 31.0 Å². The van der Waals surface area contributed by atoms with E-state index in [0.717, 1.165) is 33.4 Å². The number of pyridine rings is 2. The van der Waals surface area contributed by atoms with E-state index in [1.165, 1.54) is 0 Å². The van der Waals surface area contributed by atoms with E-state index in [-0.39, 0.29) is 5.78 Å². The monoisotopic (exact) mass is 354 g/mol. The Morgan fingerprint density at radius 3 is 2.56 bits per heavy atom. The van der Waals surface area contributed by atoms with Crippen molar-refractivity contribution in [2.24, 2.45) is 0 Å². The van der Waals surface area contributed by atoms with Crippen LogP contribution in [-0.2, 0) is 6.42 Å². The second-order valence-corrected chi connectivity index (χ2v) is 6.39. The van der Waals surface area contributed by atoms with Crippen LogP contribution in [0.3, 0.4) is 0 Å². The number of hydrogen-bond donors (Lipinski definition) is 0. The molecule has 0 fully saturated rings. The Balaban J connectivity index is 1.62. The molecule has 3 heterocycles. The van der Waals surface area contributed by atoms with Crippen LogP contribution in [0.5, 0.6) is 0 Å².